The van der Waals surface area contributed by atoms with Crippen LogP contribution in [0.3, 0.4) is 0 Å². The van der Waals surface area contributed by atoms with Gasteiger partial charge in [-0.3, -0.25) is 15.0 Å². The molecule has 2 atom stereocenters. The number of guanidine groups is 1. The van der Waals surface area contributed by atoms with Crippen molar-refractivity contribution < 1.29 is 19.4 Å². The molecule has 2 aliphatic heterocycles. The van der Waals surface area contributed by atoms with Crippen LogP contribution >= 0.6 is 0 Å². The van der Waals surface area contributed by atoms with Gasteiger partial charge in [0.1, 0.15) is 12.4 Å². The zero-order chi connectivity index (χ0) is 21.5. The summed E-state index contributed by atoms with van der Waals surface area (Å²) in [6, 6.07) is 7.62. The molecular formula is C21H29N5O4. The highest BCUT2D eigenvalue weighted by atomic mass is 16.5. The van der Waals surface area contributed by atoms with Crippen LogP contribution in [0.4, 0.5) is 0 Å². The predicted octanol–water partition coefficient (Wildman–Crippen LogP) is 0.660. The second-order valence-corrected chi connectivity index (χ2v) is 7.75. The number of nitrogens with one attached hydrogen (secondary N) is 3. The van der Waals surface area contributed by atoms with Crippen molar-refractivity contribution in [3.63, 3.8) is 0 Å². The average Bonchev–Trinajstić information content (AvgIpc) is 3.31. The Kier molecular flexibility index (Phi) is 7.29. The molecule has 3 rings (SSSR count). The highest BCUT2D eigenvalue weighted by molar-refractivity contribution is 5.85. The molecule has 2 heterocycles. The lowest BCUT2D eigenvalue weighted by atomic mass is 10.0. The second kappa shape index (κ2) is 10.1. The first-order valence-electron chi connectivity index (χ1n) is 10.1. The molecule has 1 aromatic carbocycles. The molecule has 2 unspecified atom stereocenters. The van der Waals surface area contributed by atoms with Gasteiger partial charge in [-0.2, -0.15) is 0 Å². The minimum Gasteiger partial charge on any atom is -0.491 e. The van der Waals surface area contributed by atoms with E-state index in [4.69, 9.17) is 21.0 Å². The van der Waals surface area contributed by atoms with Gasteiger partial charge in [-0.05, 0) is 37.1 Å². The van der Waals surface area contributed by atoms with E-state index in [1.165, 1.54) is 5.57 Å². The van der Waals surface area contributed by atoms with E-state index in [2.05, 4.69) is 16.7 Å². The first-order chi connectivity index (χ1) is 14.4. The van der Waals surface area contributed by atoms with Crippen LogP contribution in [0.15, 0.2) is 35.9 Å². The van der Waals surface area contributed by atoms with Crippen LogP contribution < -0.4 is 21.1 Å². The summed E-state index contributed by atoms with van der Waals surface area (Å²) in [7, 11) is 0. The van der Waals surface area contributed by atoms with E-state index < -0.39 is 11.9 Å². The molecule has 1 aromatic rings. The minimum absolute atomic E-state index is 0.118. The Morgan fingerprint density at radius 2 is 2.13 bits per heavy atom. The highest BCUT2D eigenvalue weighted by Crippen LogP contribution is 2.20. The zero-order valence-corrected chi connectivity index (χ0v) is 16.9. The summed E-state index contributed by atoms with van der Waals surface area (Å²) in [6.45, 7) is 3.39. The minimum atomic E-state index is -0.959. The third-order valence-corrected chi connectivity index (χ3v) is 5.37. The van der Waals surface area contributed by atoms with Crippen LogP contribution in [0, 0.1) is 11.3 Å². The molecule has 0 bridgehead atoms. The number of ether oxygens (including phenoxy) is 1. The molecule has 2 aliphatic rings. The maximum Gasteiger partial charge on any atom is 0.304 e. The number of hydrogen-bond donors (Lipinski definition) is 5. The van der Waals surface area contributed by atoms with E-state index in [0.717, 1.165) is 43.9 Å². The summed E-state index contributed by atoms with van der Waals surface area (Å²) in [5.74, 6) is -0.814. The Labute approximate surface area is 175 Å². The van der Waals surface area contributed by atoms with Crippen molar-refractivity contribution in [2.75, 3.05) is 26.2 Å². The Morgan fingerprint density at radius 1 is 1.37 bits per heavy atom. The standard InChI is InChI=1S/C21H29N5O4/c22-21(23)26-8-6-15(12-26)5-7-24-11-14-1-3-18(4-2-14)30-13-17-9-16(10-19(27)28)20(29)25-17/h1-4,6,16-17,24H,5,7-13H2,(H3,22,23)(H,25,29)(H,27,28). The quantitative estimate of drug-likeness (QED) is 0.164. The molecular weight excluding hydrogens is 386 g/mol. The largest absolute Gasteiger partial charge is 0.491 e. The van der Waals surface area contributed by atoms with Gasteiger partial charge in [-0.25, -0.2) is 0 Å². The highest BCUT2D eigenvalue weighted by Gasteiger charge is 2.33. The van der Waals surface area contributed by atoms with Gasteiger partial charge < -0.3 is 31.1 Å². The summed E-state index contributed by atoms with van der Waals surface area (Å²) in [4.78, 5) is 24.4. The lowest BCUT2D eigenvalue weighted by Crippen LogP contribution is -2.34. The first kappa shape index (κ1) is 21.6. The van der Waals surface area contributed by atoms with E-state index >= 15 is 0 Å². The van der Waals surface area contributed by atoms with E-state index in [1.54, 1.807) is 0 Å². The van der Waals surface area contributed by atoms with Gasteiger partial charge in [0.15, 0.2) is 5.96 Å². The fraction of sp³-hybridized carbons (Fsp3) is 0.476. The van der Waals surface area contributed by atoms with Crippen molar-refractivity contribution in [2.45, 2.75) is 31.8 Å². The third-order valence-electron chi connectivity index (χ3n) is 5.37. The number of amides is 1. The Bertz CT molecular complexity index is 808. The van der Waals surface area contributed by atoms with Crippen molar-refractivity contribution in [3.8, 4) is 5.75 Å². The number of hydrogen-bond acceptors (Lipinski definition) is 5. The number of aliphatic carboxylic acids is 1. The molecule has 0 saturated carbocycles. The number of carboxylic acid groups (broad SMARTS) is 1. The van der Waals surface area contributed by atoms with E-state index in [0.29, 0.717) is 13.0 Å². The molecule has 6 N–H and O–H groups in total. The summed E-state index contributed by atoms with van der Waals surface area (Å²) >= 11 is 0. The van der Waals surface area contributed by atoms with Crippen LogP contribution in [-0.4, -0.2) is 60.1 Å². The molecule has 0 aliphatic carbocycles. The van der Waals surface area contributed by atoms with Crippen LogP contribution in [0.2, 0.25) is 0 Å². The van der Waals surface area contributed by atoms with Gasteiger partial charge in [0.05, 0.1) is 18.4 Å². The Balaban J connectivity index is 1.33. The molecule has 0 radical (unpaired) electrons. The first-order valence-corrected chi connectivity index (χ1v) is 10.1. The van der Waals surface area contributed by atoms with Crippen molar-refractivity contribution in [1.82, 2.24) is 15.5 Å². The van der Waals surface area contributed by atoms with Crippen molar-refractivity contribution in [3.05, 3.63) is 41.5 Å². The van der Waals surface area contributed by atoms with Crippen LogP contribution in [0.1, 0.15) is 24.8 Å². The summed E-state index contributed by atoms with van der Waals surface area (Å²) in [5.41, 5.74) is 7.94. The smallest absolute Gasteiger partial charge is 0.304 e. The van der Waals surface area contributed by atoms with Gasteiger partial charge >= 0.3 is 5.97 Å². The topological polar surface area (TPSA) is 141 Å². The fourth-order valence-electron chi connectivity index (χ4n) is 3.69. The number of carboxylic acids is 1. The number of rotatable bonds is 10. The molecule has 1 amide bonds. The van der Waals surface area contributed by atoms with Gasteiger partial charge in [0, 0.05) is 19.6 Å². The van der Waals surface area contributed by atoms with Gasteiger partial charge in [0.25, 0.3) is 0 Å². The molecule has 0 aromatic heterocycles. The van der Waals surface area contributed by atoms with E-state index in [9.17, 15) is 9.59 Å². The molecule has 1 saturated heterocycles. The maximum absolute atomic E-state index is 11.8. The van der Waals surface area contributed by atoms with Gasteiger partial charge in [-0.1, -0.05) is 23.8 Å². The molecule has 162 valence electrons. The zero-order valence-electron chi connectivity index (χ0n) is 16.9. The number of carbonyl (C=O) groups excluding carboxylic acids is 1. The van der Waals surface area contributed by atoms with Crippen molar-refractivity contribution in [2.24, 2.45) is 11.7 Å². The maximum atomic E-state index is 11.8. The number of nitrogens with zero attached hydrogens (tertiary/aromatic N) is 1. The van der Waals surface area contributed by atoms with Gasteiger partial charge in [0.2, 0.25) is 5.91 Å². The van der Waals surface area contributed by atoms with E-state index in [1.807, 2.05) is 29.2 Å². The van der Waals surface area contributed by atoms with Crippen molar-refractivity contribution in [1.29, 1.82) is 5.41 Å². The fourth-order valence-corrected chi connectivity index (χ4v) is 3.69. The lowest BCUT2D eigenvalue weighted by molar-refractivity contribution is -0.140. The summed E-state index contributed by atoms with van der Waals surface area (Å²) < 4.78 is 5.75. The number of carbonyl (C=O) groups is 2. The second-order valence-electron chi connectivity index (χ2n) is 7.75. The predicted molar refractivity (Wildman–Crippen MR) is 112 cm³/mol. The Hall–Kier alpha value is -3.07. The molecule has 9 heteroatoms. The number of benzene rings is 1. The van der Waals surface area contributed by atoms with Crippen LogP contribution in [-0.2, 0) is 16.1 Å². The number of nitrogens with two attached hydrogens (primary N) is 1. The SMILES string of the molecule is N=C(N)N1CC=C(CCNCc2ccc(OCC3CC(CC(=O)O)C(=O)N3)cc2)C1. The Morgan fingerprint density at radius 3 is 2.80 bits per heavy atom. The third kappa shape index (κ3) is 6.21. The van der Waals surface area contributed by atoms with Gasteiger partial charge in [-0.15, -0.1) is 0 Å². The molecule has 9 nitrogen and oxygen atoms in total. The van der Waals surface area contributed by atoms with E-state index in [-0.39, 0.29) is 24.3 Å². The molecule has 0 spiro atoms. The van der Waals surface area contributed by atoms with Crippen LogP contribution in [0.25, 0.3) is 0 Å². The lowest BCUT2D eigenvalue weighted by Gasteiger charge is -2.15. The van der Waals surface area contributed by atoms with Crippen LogP contribution in [0.5, 0.6) is 5.75 Å². The molecule has 30 heavy (non-hydrogen) atoms. The monoisotopic (exact) mass is 415 g/mol. The summed E-state index contributed by atoms with van der Waals surface area (Å²) in [6.07, 6.45) is 3.40. The average molecular weight is 415 g/mol. The normalized spacial score (nSPS) is 20.7. The molecule has 1 fully saturated rings. The van der Waals surface area contributed by atoms with Crippen molar-refractivity contribution >= 4 is 17.8 Å². The summed E-state index contributed by atoms with van der Waals surface area (Å²) in [5, 5.41) is 22.5.